The first-order valence-corrected chi connectivity index (χ1v) is 6.70. The van der Waals surface area contributed by atoms with Gasteiger partial charge in [0.25, 0.3) is 0 Å². The summed E-state index contributed by atoms with van der Waals surface area (Å²) in [6.07, 6.45) is 2.65. The Kier molecular flexibility index (Phi) is 2.70. The number of aryl methyl sites for hydroxylation is 2. The molecule has 0 spiro atoms. The summed E-state index contributed by atoms with van der Waals surface area (Å²) >= 11 is 0. The molecule has 19 heavy (non-hydrogen) atoms. The zero-order chi connectivity index (χ0) is 13.6. The van der Waals surface area contributed by atoms with E-state index in [0.29, 0.717) is 11.5 Å². The summed E-state index contributed by atoms with van der Waals surface area (Å²) in [6, 6.07) is 8.34. The van der Waals surface area contributed by atoms with Crippen LogP contribution in [0.15, 0.2) is 24.3 Å². The van der Waals surface area contributed by atoms with Crippen LogP contribution in [-0.4, -0.2) is 4.98 Å². The maximum absolute atomic E-state index is 5.81. The van der Waals surface area contributed by atoms with E-state index in [1.807, 2.05) is 12.1 Å². The monoisotopic (exact) mass is 253 g/mol. The molecule has 4 N–H and O–H groups in total. The van der Waals surface area contributed by atoms with Crippen LogP contribution in [0.2, 0.25) is 0 Å². The Bertz CT molecular complexity index is 619. The van der Waals surface area contributed by atoms with Crippen molar-refractivity contribution in [3.8, 4) is 11.3 Å². The lowest BCUT2D eigenvalue weighted by atomic mass is 9.95. The minimum Gasteiger partial charge on any atom is -0.396 e. The molecule has 3 nitrogen and oxygen atoms in total. The second kappa shape index (κ2) is 4.26. The summed E-state index contributed by atoms with van der Waals surface area (Å²) in [5.74, 6) is 1.18. The molecular formula is C16H19N3. The summed E-state index contributed by atoms with van der Waals surface area (Å²) in [7, 11) is 0. The Morgan fingerprint density at radius 3 is 2.21 bits per heavy atom. The number of aromatic nitrogens is 1. The van der Waals surface area contributed by atoms with E-state index in [-0.39, 0.29) is 0 Å². The lowest BCUT2D eigenvalue weighted by molar-refractivity contribution is 1.11. The second-order valence-corrected chi connectivity index (χ2v) is 5.47. The van der Waals surface area contributed by atoms with Gasteiger partial charge in [-0.15, -0.1) is 0 Å². The molecule has 1 saturated carbocycles. The van der Waals surface area contributed by atoms with Crippen molar-refractivity contribution in [1.29, 1.82) is 0 Å². The van der Waals surface area contributed by atoms with Gasteiger partial charge in [-0.05, 0) is 61.4 Å². The van der Waals surface area contributed by atoms with E-state index in [1.54, 1.807) is 0 Å². The number of hydrogen-bond donors (Lipinski definition) is 2. The minimum atomic E-state index is 0.405. The van der Waals surface area contributed by atoms with E-state index in [4.69, 9.17) is 11.5 Å². The largest absolute Gasteiger partial charge is 0.396 e. The topological polar surface area (TPSA) is 64.9 Å². The van der Waals surface area contributed by atoms with Crippen molar-refractivity contribution in [2.24, 2.45) is 0 Å². The Balaban J connectivity index is 2.11. The van der Waals surface area contributed by atoms with Crippen LogP contribution in [0, 0.1) is 13.8 Å². The Morgan fingerprint density at radius 1 is 1.05 bits per heavy atom. The number of benzene rings is 1. The average Bonchev–Trinajstić information content (AvgIpc) is 3.16. The summed E-state index contributed by atoms with van der Waals surface area (Å²) in [4.78, 5) is 4.41. The molecule has 1 heterocycles. The number of nitrogens with two attached hydrogens (primary N) is 2. The van der Waals surface area contributed by atoms with Gasteiger partial charge >= 0.3 is 0 Å². The van der Waals surface area contributed by atoms with Crippen LogP contribution in [-0.2, 0) is 0 Å². The van der Waals surface area contributed by atoms with Gasteiger partial charge in [-0.3, -0.25) is 0 Å². The van der Waals surface area contributed by atoms with Gasteiger partial charge in [-0.1, -0.05) is 12.1 Å². The van der Waals surface area contributed by atoms with Crippen molar-refractivity contribution in [2.75, 3.05) is 11.5 Å². The van der Waals surface area contributed by atoms with Gasteiger partial charge in [0.05, 0.1) is 11.4 Å². The smallest absolute Gasteiger partial charge is 0.147 e. The van der Waals surface area contributed by atoms with E-state index >= 15 is 0 Å². The third-order valence-corrected chi connectivity index (χ3v) is 3.82. The SMILES string of the molecule is Cc1cc(C2CC2)cc(C)c1-c1ccc(N)c(N)n1. The molecule has 2 aromatic rings. The molecule has 3 heteroatoms. The molecule has 98 valence electrons. The van der Waals surface area contributed by atoms with Gasteiger partial charge in [-0.2, -0.15) is 0 Å². The molecule has 0 radical (unpaired) electrons. The third kappa shape index (κ3) is 2.16. The minimum absolute atomic E-state index is 0.405. The maximum Gasteiger partial charge on any atom is 0.147 e. The van der Waals surface area contributed by atoms with Crippen LogP contribution in [0.1, 0.15) is 35.4 Å². The normalized spacial score (nSPS) is 14.6. The molecule has 1 fully saturated rings. The first-order chi connectivity index (χ1) is 9.06. The van der Waals surface area contributed by atoms with E-state index in [2.05, 4.69) is 31.0 Å². The lowest BCUT2D eigenvalue weighted by Crippen LogP contribution is -2.00. The van der Waals surface area contributed by atoms with Crippen molar-refractivity contribution in [3.63, 3.8) is 0 Å². The maximum atomic E-state index is 5.81. The highest BCUT2D eigenvalue weighted by Gasteiger charge is 2.24. The molecule has 1 aliphatic carbocycles. The molecule has 0 atom stereocenters. The molecule has 0 aliphatic heterocycles. The number of nitrogens with zero attached hydrogens (tertiary/aromatic N) is 1. The van der Waals surface area contributed by atoms with Crippen LogP contribution >= 0.6 is 0 Å². The number of anilines is 2. The van der Waals surface area contributed by atoms with Crippen LogP contribution in [0.5, 0.6) is 0 Å². The van der Waals surface area contributed by atoms with Gasteiger partial charge in [0, 0.05) is 5.56 Å². The number of nitrogen functional groups attached to an aromatic ring is 2. The number of rotatable bonds is 2. The molecule has 1 aliphatic rings. The summed E-state index contributed by atoms with van der Waals surface area (Å²) in [5, 5.41) is 0. The lowest BCUT2D eigenvalue weighted by Gasteiger charge is -2.13. The predicted molar refractivity (Wildman–Crippen MR) is 79.9 cm³/mol. The van der Waals surface area contributed by atoms with Crippen molar-refractivity contribution >= 4 is 11.5 Å². The Morgan fingerprint density at radius 2 is 1.68 bits per heavy atom. The zero-order valence-electron chi connectivity index (χ0n) is 11.4. The van der Waals surface area contributed by atoms with Crippen molar-refractivity contribution in [3.05, 3.63) is 41.0 Å². The van der Waals surface area contributed by atoms with Crippen LogP contribution in [0.3, 0.4) is 0 Å². The van der Waals surface area contributed by atoms with Crippen molar-refractivity contribution < 1.29 is 0 Å². The summed E-state index contributed by atoms with van der Waals surface area (Å²) < 4.78 is 0. The van der Waals surface area contributed by atoms with E-state index in [9.17, 15) is 0 Å². The van der Waals surface area contributed by atoms with Gasteiger partial charge in [-0.25, -0.2) is 4.98 Å². The number of hydrogen-bond acceptors (Lipinski definition) is 3. The number of pyridine rings is 1. The van der Waals surface area contributed by atoms with Crippen molar-refractivity contribution in [1.82, 2.24) is 4.98 Å². The van der Waals surface area contributed by atoms with Crippen LogP contribution in [0.25, 0.3) is 11.3 Å². The molecule has 0 bridgehead atoms. The third-order valence-electron chi connectivity index (χ3n) is 3.82. The fraction of sp³-hybridized carbons (Fsp3) is 0.312. The van der Waals surface area contributed by atoms with E-state index < -0.39 is 0 Å². The standard InChI is InChI=1S/C16H19N3/c1-9-7-12(11-3-4-11)8-10(2)15(9)14-6-5-13(17)16(18)19-14/h5-8,11H,3-4,17H2,1-2H3,(H2,18,19). The highest BCUT2D eigenvalue weighted by Crippen LogP contribution is 2.42. The second-order valence-electron chi connectivity index (χ2n) is 5.47. The fourth-order valence-electron chi connectivity index (χ4n) is 2.68. The molecule has 3 rings (SSSR count). The van der Waals surface area contributed by atoms with Crippen molar-refractivity contribution in [2.45, 2.75) is 32.6 Å². The van der Waals surface area contributed by atoms with Crippen LogP contribution in [0.4, 0.5) is 11.5 Å². The van der Waals surface area contributed by atoms with Gasteiger partial charge in [0.2, 0.25) is 0 Å². The Labute approximate surface area is 113 Å². The zero-order valence-corrected chi connectivity index (χ0v) is 11.4. The molecule has 0 saturated heterocycles. The quantitative estimate of drug-likeness (QED) is 0.862. The molecular weight excluding hydrogens is 234 g/mol. The molecule has 1 aromatic heterocycles. The highest BCUT2D eigenvalue weighted by atomic mass is 14.9. The fourth-order valence-corrected chi connectivity index (χ4v) is 2.68. The molecule has 0 unspecified atom stereocenters. The summed E-state index contributed by atoms with van der Waals surface area (Å²) in [5.41, 5.74) is 18.1. The first-order valence-electron chi connectivity index (χ1n) is 6.70. The van der Waals surface area contributed by atoms with Gasteiger partial charge in [0.15, 0.2) is 0 Å². The van der Waals surface area contributed by atoms with Crippen LogP contribution < -0.4 is 11.5 Å². The Hall–Kier alpha value is -2.03. The molecule has 0 amide bonds. The summed E-state index contributed by atoms with van der Waals surface area (Å²) in [6.45, 7) is 4.28. The van der Waals surface area contributed by atoms with E-state index in [0.717, 1.165) is 11.6 Å². The van der Waals surface area contributed by atoms with E-state index in [1.165, 1.54) is 35.1 Å². The highest BCUT2D eigenvalue weighted by molar-refractivity contribution is 5.72. The average molecular weight is 253 g/mol. The molecule has 1 aromatic carbocycles. The van der Waals surface area contributed by atoms with Gasteiger partial charge < -0.3 is 11.5 Å². The first kappa shape index (κ1) is 12.0. The predicted octanol–water partition coefficient (Wildman–Crippen LogP) is 3.41. The van der Waals surface area contributed by atoms with Gasteiger partial charge in [0.1, 0.15) is 5.82 Å².